The number of unbranched alkanes of at least 4 members (excludes halogenated alkanes) is 7. The van der Waals surface area contributed by atoms with Crippen molar-refractivity contribution in [1.82, 2.24) is 0 Å². The normalized spacial score (nSPS) is 26.2. The van der Waals surface area contributed by atoms with Crippen LogP contribution < -0.4 is 0 Å². The van der Waals surface area contributed by atoms with Crippen molar-refractivity contribution >= 4 is 0 Å². The highest BCUT2D eigenvalue weighted by atomic mass is 16.5. The van der Waals surface area contributed by atoms with Gasteiger partial charge in [-0.3, -0.25) is 0 Å². The number of aliphatic hydroxyl groups is 2. The van der Waals surface area contributed by atoms with Gasteiger partial charge in [-0.2, -0.15) is 0 Å². The molecular formula is C19H36O3. The summed E-state index contributed by atoms with van der Waals surface area (Å²) < 4.78 is 5.88. The highest BCUT2D eigenvalue weighted by Gasteiger charge is 2.36. The Kier molecular flexibility index (Phi) is 10.8. The maximum Gasteiger partial charge on any atom is 0.0864 e. The fourth-order valence-electron chi connectivity index (χ4n) is 3.22. The topological polar surface area (TPSA) is 49.7 Å². The molecule has 1 aliphatic rings. The molecule has 0 amide bonds. The van der Waals surface area contributed by atoms with E-state index < -0.39 is 12.2 Å². The van der Waals surface area contributed by atoms with Gasteiger partial charge < -0.3 is 14.9 Å². The first-order valence-electron chi connectivity index (χ1n) is 9.31. The number of rotatable bonds is 13. The summed E-state index contributed by atoms with van der Waals surface area (Å²) in [7, 11) is 0. The van der Waals surface area contributed by atoms with Crippen molar-refractivity contribution in [3.05, 3.63) is 12.7 Å². The first-order valence-corrected chi connectivity index (χ1v) is 9.31. The summed E-state index contributed by atoms with van der Waals surface area (Å²) in [5.41, 5.74) is 0. The molecule has 1 fully saturated rings. The summed E-state index contributed by atoms with van der Waals surface area (Å²) in [6, 6.07) is 0. The lowest BCUT2D eigenvalue weighted by molar-refractivity contribution is -0.0498. The first-order chi connectivity index (χ1) is 10.7. The van der Waals surface area contributed by atoms with Crippen LogP contribution in [0.15, 0.2) is 12.7 Å². The molecule has 0 aromatic rings. The first kappa shape index (κ1) is 19.7. The Balaban J connectivity index is 2.10. The molecule has 2 N–H and O–H groups in total. The fraction of sp³-hybridized carbons (Fsp3) is 0.895. The molecule has 0 aliphatic carbocycles. The minimum Gasteiger partial charge on any atom is -0.390 e. The largest absolute Gasteiger partial charge is 0.390 e. The van der Waals surface area contributed by atoms with Crippen LogP contribution in [-0.2, 0) is 4.74 Å². The zero-order valence-electron chi connectivity index (χ0n) is 14.4. The molecule has 0 spiro atoms. The standard InChI is InChI=1S/C19H36O3/c1-3-5-7-8-9-10-12-13-16(20)19-15-17(21)18(22-19)14-11-6-4-2/h3,16-21H,1,4-15H2,2H3/t16-,17+,18+,19-/m0/s1. The molecule has 1 rings (SSSR count). The van der Waals surface area contributed by atoms with Gasteiger partial charge in [-0.25, -0.2) is 0 Å². The second kappa shape index (κ2) is 12.1. The van der Waals surface area contributed by atoms with Gasteiger partial charge in [-0.15, -0.1) is 6.58 Å². The number of hydrogen-bond donors (Lipinski definition) is 2. The van der Waals surface area contributed by atoms with Crippen LogP contribution in [0.3, 0.4) is 0 Å². The van der Waals surface area contributed by atoms with Gasteiger partial charge in [0, 0.05) is 6.42 Å². The molecule has 130 valence electrons. The zero-order valence-corrected chi connectivity index (χ0v) is 14.4. The minimum atomic E-state index is -0.418. The van der Waals surface area contributed by atoms with Gasteiger partial charge in [-0.05, 0) is 25.7 Å². The Morgan fingerprint density at radius 2 is 1.86 bits per heavy atom. The van der Waals surface area contributed by atoms with Gasteiger partial charge in [0.2, 0.25) is 0 Å². The smallest absolute Gasteiger partial charge is 0.0864 e. The quantitative estimate of drug-likeness (QED) is 0.392. The predicted molar refractivity (Wildman–Crippen MR) is 91.9 cm³/mol. The van der Waals surface area contributed by atoms with Gasteiger partial charge in [0.25, 0.3) is 0 Å². The Morgan fingerprint density at radius 1 is 1.14 bits per heavy atom. The van der Waals surface area contributed by atoms with Gasteiger partial charge in [0.15, 0.2) is 0 Å². The minimum absolute atomic E-state index is 0.0647. The number of allylic oxidation sites excluding steroid dienone is 1. The second-order valence-corrected chi connectivity index (χ2v) is 6.71. The van der Waals surface area contributed by atoms with E-state index in [0.29, 0.717) is 6.42 Å². The van der Waals surface area contributed by atoms with E-state index in [4.69, 9.17) is 4.74 Å². The molecule has 0 radical (unpaired) electrons. The Labute approximate surface area is 136 Å². The lowest BCUT2D eigenvalue weighted by Crippen LogP contribution is -2.26. The number of aliphatic hydroxyl groups excluding tert-OH is 2. The highest BCUT2D eigenvalue weighted by Crippen LogP contribution is 2.28. The summed E-state index contributed by atoms with van der Waals surface area (Å²) in [5, 5.41) is 20.3. The van der Waals surface area contributed by atoms with E-state index in [9.17, 15) is 10.2 Å². The molecule has 1 heterocycles. The van der Waals surface area contributed by atoms with Crippen molar-refractivity contribution in [3.8, 4) is 0 Å². The molecule has 0 saturated carbocycles. The summed E-state index contributed by atoms with van der Waals surface area (Å²) in [6.45, 7) is 5.91. The van der Waals surface area contributed by atoms with Gasteiger partial charge in [-0.1, -0.05) is 57.9 Å². The van der Waals surface area contributed by atoms with E-state index in [0.717, 1.165) is 32.1 Å². The summed E-state index contributed by atoms with van der Waals surface area (Å²) in [5.74, 6) is 0. The van der Waals surface area contributed by atoms with Crippen molar-refractivity contribution in [2.24, 2.45) is 0 Å². The maximum absolute atomic E-state index is 10.2. The maximum atomic E-state index is 10.2. The van der Waals surface area contributed by atoms with Crippen LogP contribution in [0.1, 0.15) is 84.0 Å². The lowest BCUT2D eigenvalue weighted by Gasteiger charge is -2.19. The van der Waals surface area contributed by atoms with E-state index in [1.165, 1.54) is 38.5 Å². The van der Waals surface area contributed by atoms with Gasteiger partial charge in [0.05, 0.1) is 24.4 Å². The molecule has 1 saturated heterocycles. The molecular weight excluding hydrogens is 276 g/mol. The zero-order chi connectivity index (χ0) is 16.2. The number of hydrogen-bond acceptors (Lipinski definition) is 3. The fourth-order valence-corrected chi connectivity index (χ4v) is 3.22. The summed E-state index contributed by atoms with van der Waals surface area (Å²) >= 11 is 0. The van der Waals surface area contributed by atoms with Crippen molar-refractivity contribution in [2.75, 3.05) is 0 Å². The van der Waals surface area contributed by atoms with Crippen LogP contribution in [0.4, 0.5) is 0 Å². The Morgan fingerprint density at radius 3 is 2.59 bits per heavy atom. The molecule has 1 aliphatic heterocycles. The highest BCUT2D eigenvalue weighted by molar-refractivity contribution is 4.85. The molecule has 3 nitrogen and oxygen atoms in total. The third kappa shape index (κ3) is 7.75. The average Bonchev–Trinajstić information content (AvgIpc) is 2.88. The summed E-state index contributed by atoms with van der Waals surface area (Å²) in [4.78, 5) is 0. The summed E-state index contributed by atoms with van der Waals surface area (Å²) in [6.07, 6.45) is 13.7. The molecule has 0 aromatic heterocycles. The van der Waals surface area contributed by atoms with E-state index in [1.807, 2.05) is 6.08 Å². The molecule has 22 heavy (non-hydrogen) atoms. The van der Waals surface area contributed by atoms with E-state index in [2.05, 4.69) is 13.5 Å². The molecule has 0 bridgehead atoms. The van der Waals surface area contributed by atoms with Crippen molar-refractivity contribution in [3.63, 3.8) is 0 Å². The second-order valence-electron chi connectivity index (χ2n) is 6.71. The van der Waals surface area contributed by atoms with E-state index in [1.54, 1.807) is 0 Å². The van der Waals surface area contributed by atoms with Crippen molar-refractivity contribution in [1.29, 1.82) is 0 Å². The van der Waals surface area contributed by atoms with Crippen LogP contribution >= 0.6 is 0 Å². The van der Waals surface area contributed by atoms with Crippen molar-refractivity contribution in [2.45, 2.75) is 108 Å². The molecule has 0 unspecified atom stereocenters. The van der Waals surface area contributed by atoms with Crippen LogP contribution in [-0.4, -0.2) is 34.6 Å². The molecule has 4 atom stereocenters. The number of ether oxygens (including phenoxy) is 1. The van der Waals surface area contributed by atoms with Crippen molar-refractivity contribution < 1.29 is 14.9 Å². The third-order valence-electron chi connectivity index (χ3n) is 4.68. The van der Waals surface area contributed by atoms with E-state index >= 15 is 0 Å². The van der Waals surface area contributed by atoms with Crippen LogP contribution in [0.5, 0.6) is 0 Å². The van der Waals surface area contributed by atoms with Gasteiger partial charge >= 0.3 is 0 Å². The Bertz CT molecular complexity index is 280. The van der Waals surface area contributed by atoms with Gasteiger partial charge in [0.1, 0.15) is 0 Å². The van der Waals surface area contributed by atoms with Crippen LogP contribution in [0.2, 0.25) is 0 Å². The predicted octanol–water partition coefficient (Wildman–Crippen LogP) is 4.36. The van der Waals surface area contributed by atoms with Crippen LogP contribution in [0, 0.1) is 0 Å². The monoisotopic (exact) mass is 312 g/mol. The average molecular weight is 312 g/mol. The van der Waals surface area contributed by atoms with E-state index in [-0.39, 0.29) is 12.2 Å². The third-order valence-corrected chi connectivity index (χ3v) is 4.68. The molecule has 3 heteroatoms. The SMILES string of the molecule is C=CCCCCCCC[C@H](O)[C@@H]1C[C@@H](O)[C@@H](CCCCC)O1. The Hall–Kier alpha value is -0.380. The molecule has 0 aromatic carbocycles. The lowest BCUT2D eigenvalue weighted by atomic mass is 10.0. The van der Waals surface area contributed by atoms with Crippen LogP contribution in [0.25, 0.3) is 0 Å².